The number of nitrogens with zero attached hydrogens (tertiary/aromatic N) is 1. The average Bonchev–Trinajstić information content (AvgIpc) is 3.32. The van der Waals surface area contributed by atoms with Gasteiger partial charge in [0.2, 0.25) is 5.91 Å². The Balaban J connectivity index is 1.48. The normalized spacial score (nSPS) is 18.3. The van der Waals surface area contributed by atoms with Crippen molar-refractivity contribution in [3.63, 3.8) is 0 Å². The van der Waals surface area contributed by atoms with Gasteiger partial charge in [-0.2, -0.15) is 0 Å². The van der Waals surface area contributed by atoms with Crippen LogP contribution in [0.25, 0.3) is 11.1 Å². The Bertz CT molecular complexity index is 1380. The van der Waals surface area contributed by atoms with Crippen molar-refractivity contribution >= 4 is 11.6 Å². The van der Waals surface area contributed by atoms with E-state index in [0.717, 1.165) is 72.9 Å². The molecule has 6 rings (SSSR count). The predicted molar refractivity (Wildman–Crippen MR) is 143 cm³/mol. The fraction of sp³-hybridized carbons (Fsp3) is 0.406. The lowest BCUT2D eigenvalue weighted by Crippen LogP contribution is -2.35. The van der Waals surface area contributed by atoms with Crippen LogP contribution in [-0.2, 0) is 30.5 Å². The third-order valence-corrected chi connectivity index (χ3v) is 8.61. The van der Waals surface area contributed by atoms with E-state index in [9.17, 15) is 4.79 Å². The number of hydrogen-bond donors (Lipinski definition) is 0. The van der Waals surface area contributed by atoms with Crippen LogP contribution in [0, 0.1) is 19.7 Å². The maximum absolute atomic E-state index is 15.3. The highest BCUT2D eigenvalue weighted by atomic mass is 19.1. The van der Waals surface area contributed by atoms with Gasteiger partial charge in [0.05, 0.1) is 12.5 Å². The summed E-state index contributed by atoms with van der Waals surface area (Å²) in [5.41, 5.74) is 11.3. The summed E-state index contributed by atoms with van der Waals surface area (Å²) >= 11 is 0. The molecule has 186 valence electrons. The minimum atomic E-state index is -0.271. The lowest BCUT2D eigenvalue weighted by molar-refractivity contribution is -0.120. The second-order valence-electron chi connectivity index (χ2n) is 10.6. The minimum absolute atomic E-state index is 0.0874. The molecule has 0 bridgehead atoms. The molecular weight excluding hydrogens is 449 g/mol. The second-order valence-corrected chi connectivity index (χ2v) is 10.6. The molecule has 2 heterocycles. The lowest BCUT2D eigenvalue weighted by Gasteiger charge is -2.29. The number of amides is 1. The highest BCUT2D eigenvalue weighted by Crippen LogP contribution is 2.46. The fourth-order valence-electron chi connectivity index (χ4n) is 6.85. The maximum Gasteiger partial charge on any atom is 0.234 e. The molecule has 36 heavy (non-hydrogen) atoms. The summed E-state index contributed by atoms with van der Waals surface area (Å²) in [6.45, 7) is 7.66. The van der Waals surface area contributed by atoms with E-state index in [-0.39, 0.29) is 17.6 Å². The number of hydrogen-bond acceptors (Lipinski definition) is 2. The standard InChI is InChI=1S/C32H34FNO2/c1-4-22-19(2)17-29-26(30(22)27-18-28(33)31-23(20(27)3)13-8-16-36-31)14-15-34(29)32(35)25-12-7-10-21-9-5-6-11-24(21)25/h5-6,9,11,17-18,25H,4,7-8,10,12-16H2,1-3H3. The van der Waals surface area contributed by atoms with Gasteiger partial charge < -0.3 is 9.64 Å². The Morgan fingerprint density at radius 3 is 2.75 bits per heavy atom. The van der Waals surface area contributed by atoms with Gasteiger partial charge in [-0.05, 0) is 115 Å². The van der Waals surface area contributed by atoms with Crippen molar-refractivity contribution in [2.45, 2.75) is 71.6 Å². The van der Waals surface area contributed by atoms with E-state index < -0.39 is 0 Å². The highest BCUT2D eigenvalue weighted by molar-refractivity contribution is 6.02. The molecule has 3 aromatic rings. The zero-order valence-corrected chi connectivity index (χ0v) is 21.5. The van der Waals surface area contributed by atoms with E-state index in [2.05, 4.69) is 51.1 Å². The van der Waals surface area contributed by atoms with Crippen LogP contribution in [0.4, 0.5) is 10.1 Å². The van der Waals surface area contributed by atoms with Crippen LogP contribution in [0.1, 0.15) is 71.0 Å². The van der Waals surface area contributed by atoms with Crippen molar-refractivity contribution in [1.29, 1.82) is 0 Å². The monoisotopic (exact) mass is 483 g/mol. The third-order valence-electron chi connectivity index (χ3n) is 8.61. The van der Waals surface area contributed by atoms with Crippen molar-refractivity contribution in [1.82, 2.24) is 0 Å². The SMILES string of the molecule is CCc1c(C)cc2c(c1-c1cc(F)c3c(c1C)CCCO3)CCN2C(=O)C1CCCc2ccccc21. The Morgan fingerprint density at radius 1 is 1.08 bits per heavy atom. The molecule has 0 saturated carbocycles. The van der Waals surface area contributed by atoms with Gasteiger partial charge in [0.1, 0.15) is 0 Å². The summed E-state index contributed by atoms with van der Waals surface area (Å²) in [6, 6.07) is 12.3. The Morgan fingerprint density at radius 2 is 1.92 bits per heavy atom. The second kappa shape index (κ2) is 9.06. The number of halogens is 1. The first-order chi connectivity index (χ1) is 17.5. The third kappa shape index (κ3) is 3.56. The zero-order valence-electron chi connectivity index (χ0n) is 21.5. The first-order valence-corrected chi connectivity index (χ1v) is 13.5. The van der Waals surface area contributed by atoms with Crippen LogP contribution >= 0.6 is 0 Å². The molecule has 3 aromatic carbocycles. The molecule has 0 saturated heterocycles. The van der Waals surface area contributed by atoms with Crippen LogP contribution < -0.4 is 9.64 Å². The Hall–Kier alpha value is -3.14. The molecule has 4 heteroatoms. The van der Waals surface area contributed by atoms with E-state index in [1.807, 2.05) is 4.90 Å². The summed E-state index contributed by atoms with van der Waals surface area (Å²) in [6.07, 6.45) is 6.41. The van der Waals surface area contributed by atoms with Crippen molar-refractivity contribution in [2.24, 2.45) is 0 Å². The summed E-state index contributed by atoms with van der Waals surface area (Å²) in [5.74, 6) is 0.276. The predicted octanol–water partition coefficient (Wildman–Crippen LogP) is 7.01. The first kappa shape index (κ1) is 23.3. The molecule has 0 radical (unpaired) electrons. The number of anilines is 1. The first-order valence-electron chi connectivity index (χ1n) is 13.5. The molecule has 0 spiro atoms. The van der Waals surface area contributed by atoms with Crippen molar-refractivity contribution in [2.75, 3.05) is 18.1 Å². The van der Waals surface area contributed by atoms with Gasteiger partial charge in [-0.1, -0.05) is 31.2 Å². The molecule has 0 fully saturated rings. The number of benzene rings is 3. The quantitative estimate of drug-likeness (QED) is 0.401. The smallest absolute Gasteiger partial charge is 0.234 e. The van der Waals surface area contributed by atoms with Crippen molar-refractivity contribution in [3.8, 4) is 16.9 Å². The van der Waals surface area contributed by atoms with Gasteiger partial charge in [0, 0.05) is 17.8 Å². The highest BCUT2D eigenvalue weighted by Gasteiger charge is 2.36. The van der Waals surface area contributed by atoms with Crippen LogP contribution in [0.3, 0.4) is 0 Å². The van der Waals surface area contributed by atoms with Gasteiger partial charge in [0.15, 0.2) is 11.6 Å². The van der Waals surface area contributed by atoms with E-state index in [1.54, 1.807) is 6.07 Å². The molecule has 1 unspecified atom stereocenters. The number of ether oxygens (including phenoxy) is 1. The van der Waals surface area contributed by atoms with Gasteiger partial charge >= 0.3 is 0 Å². The van der Waals surface area contributed by atoms with Crippen LogP contribution in [0.5, 0.6) is 5.75 Å². The molecule has 1 aliphatic carbocycles. The van der Waals surface area contributed by atoms with Crippen LogP contribution in [-0.4, -0.2) is 19.1 Å². The maximum atomic E-state index is 15.3. The molecule has 2 aliphatic heterocycles. The lowest BCUT2D eigenvalue weighted by atomic mass is 9.82. The van der Waals surface area contributed by atoms with E-state index in [0.29, 0.717) is 18.9 Å². The van der Waals surface area contributed by atoms with Crippen LogP contribution in [0.15, 0.2) is 36.4 Å². The van der Waals surface area contributed by atoms with Crippen molar-refractivity contribution < 1.29 is 13.9 Å². The topological polar surface area (TPSA) is 29.5 Å². The van der Waals surface area contributed by atoms with E-state index >= 15 is 4.39 Å². The van der Waals surface area contributed by atoms with Gasteiger partial charge in [-0.15, -0.1) is 0 Å². The van der Waals surface area contributed by atoms with Crippen molar-refractivity contribution in [3.05, 3.63) is 81.2 Å². The number of aryl methyl sites for hydroxylation is 2. The number of fused-ring (bicyclic) bond motifs is 3. The Kier molecular flexibility index (Phi) is 5.86. The fourth-order valence-corrected chi connectivity index (χ4v) is 6.85. The summed E-state index contributed by atoms with van der Waals surface area (Å²) in [4.78, 5) is 16.0. The number of rotatable bonds is 3. The number of carbonyl (C=O) groups excluding carboxylic acids is 1. The van der Waals surface area contributed by atoms with Gasteiger partial charge in [-0.25, -0.2) is 4.39 Å². The van der Waals surface area contributed by atoms with Crippen LogP contribution in [0.2, 0.25) is 0 Å². The summed E-state index contributed by atoms with van der Waals surface area (Å²) < 4.78 is 21.0. The van der Waals surface area contributed by atoms with Gasteiger partial charge in [0.25, 0.3) is 0 Å². The molecule has 1 amide bonds. The molecule has 1 atom stereocenters. The minimum Gasteiger partial charge on any atom is -0.490 e. The molecule has 3 nitrogen and oxygen atoms in total. The zero-order chi connectivity index (χ0) is 25.0. The molecule has 0 aromatic heterocycles. The average molecular weight is 484 g/mol. The number of carbonyl (C=O) groups is 1. The van der Waals surface area contributed by atoms with E-state index in [4.69, 9.17) is 4.74 Å². The Labute approximate surface area is 213 Å². The van der Waals surface area contributed by atoms with E-state index in [1.165, 1.54) is 27.8 Å². The molecular formula is C32H34FNO2. The molecule has 3 aliphatic rings. The summed E-state index contributed by atoms with van der Waals surface area (Å²) in [7, 11) is 0. The largest absolute Gasteiger partial charge is 0.490 e. The van der Waals surface area contributed by atoms with Gasteiger partial charge in [-0.3, -0.25) is 4.79 Å². The summed E-state index contributed by atoms with van der Waals surface area (Å²) in [5, 5.41) is 0. The molecule has 0 N–H and O–H groups in total.